The molecule has 3 aromatic carbocycles. The second-order valence-corrected chi connectivity index (χ2v) is 12.4. The van der Waals surface area contributed by atoms with Gasteiger partial charge in [-0.15, -0.1) is 8.78 Å². The third kappa shape index (κ3) is 5.62. The van der Waals surface area contributed by atoms with E-state index in [4.69, 9.17) is 14.5 Å². The first-order chi connectivity index (χ1) is 19.3. The van der Waals surface area contributed by atoms with Crippen LogP contribution in [0.5, 0.6) is 11.5 Å². The Bertz CT molecular complexity index is 1730. The van der Waals surface area contributed by atoms with E-state index in [0.717, 1.165) is 5.56 Å². The smallest absolute Gasteiger partial charge is 0.395 e. The van der Waals surface area contributed by atoms with Gasteiger partial charge in [0.25, 0.3) is 5.91 Å². The number of carbonyl (C=O) groups excluding carboxylic acids is 1. The van der Waals surface area contributed by atoms with Crippen LogP contribution in [0.1, 0.15) is 48.1 Å². The molecule has 1 aliphatic rings. The van der Waals surface area contributed by atoms with Gasteiger partial charge in [0, 0.05) is 24.8 Å². The molecule has 0 atom stereocenters. The molecular formula is C29H29F2N3O6S. The van der Waals surface area contributed by atoms with Crippen LogP contribution < -0.4 is 14.8 Å². The zero-order valence-electron chi connectivity index (χ0n) is 22.9. The minimum atomic E-state index is -3.75. The molecule has 1 aliphatic heterocycles. The number of para-hydroxylation sites is 1. The number of fused-ring (bicyclic) bond motifs is 2. The van der Waals surface area contributed by atoms with Crippen molar-refractivity contribution in [3.05, 3.63) is 83.2 Å². The van der Waals surface area contributed by atoms with Crippen LogP contribution in [0.3, 0.4) is 0 Å². The molecule has 0 saturated heterocycles. The van der Waals surface area contributed by atoms with Crippen molar-refractivity contribution in [3.8, 4) is 11.5 Å². The van der Waals surface area contributed by atoms with Gasteiger partial charge in [-0.05, 0) is 55.8 Å². The number of halogens is 2. The molecule has 0 unspecified atom stereocenters. The Balaban J connectivity index is 1.42. The SMILES string of the molecule is CCS(=O)(=O)c1ccc(CNC(=O)c2ccc3c(c2)nc(C(C)(C)OC)n3Cc2cccc3c2OC(F)(F)O3)cc1. The molecule has 0 bridgehead atoms. The first kappa shape index (κ1) is 28.5. The van der Waals surface area contributed by atoms with E-state index in [9.17, 15) is 22.0 Å². The molecule has 4 aromatic rings. The van der Waals surface area contributed by atoms with Gasteiger partial charge in [-0.2, -0.15) is 0 Å². The number of aromatic nitrogens is 2. The summed E-state index contributed by atoms with van der Waals surface area (Å²) in [6, 6.07) is 16.1. The third-order valence-corrected chi connectivity index (χ3v) is 8.76. The van der Waals surface area contributed by atoms with Crippen LogP contribution >= 0.6 is 0 Å². The van der Waals surface area contributed by atoms with Crippen molar-refractivity contribution in [2.45, 2.75) is 50.7 Å². The van der Waals surface area contributed by atoms with Crippen LogP contribution in [0.4, 0.5) is 8.78 Å². The fraction of sp³-hybridized carbons (Fsp3) is 0.310. The van der Waals surface area contributed by atoms with Gasteiger partial charge >= 0.3 is 6.29 Å². The minimum Gasteiger partial charge on any atom is -0.395 e. The van der Waals surface area contributed by atoms with E-state index in [2.05, 4.69) is 10.1 Å². The number of amides is 1. The number of rotatable bonds is 9. The van der Waals surface area contributed by atoms with Gasteiger partial charge in [-0.1, -0.05) is 31.2 Å². The van der Waals surface area contributed by atoms with Crippen molar-refractivity contribution in [3.63, 3.8) is 0 Å². The van der Waals surface area contributed by atoms with E-state index in [-0.39, 0.29) is 41.1 Å². The summed E-state index contributed by atoms with van der Waals surface area (Å²) in [5.74, 6) is 0.101. The summed E-state index contributed by atoms with van der Waals surface area (Å²) >= 11 is 0. The Morgan fingerprint density at radius 3 is 2.51 bits per heavy atom. The normalized spacial score (nSPS) is 14.4. The average molecular weight is 586 g/mol. The fourth-order valence-electron chi connectivity index (χ4n) is 4.57. The summed E-state index contributed by atoms with van der Waals surface area (Å²) in [6.45, 7) is 5.58. The van der Waals surface area contributed by atoms with Crippen molar-refractivity contribution < 1.29 is 36.2 Å². The number of hydrogen-bond donors (Lipinski definition) is 1. The first-order valence-corrected chi connectivity index (χ1v) is 14.5. The predicted octanol–water partition coefficient (Wildman–Crippen LogP) is 5.01. The lowest BCUT2D eigenvalue weighted by atomic mass is 10.1. The van der Waals surface area contributed by atoms with Crippen LogP contribution in [-0.2, 0) is 33.3 Å². The summed E-state index contributed by atoms with van der Waals surface area (Å²) in [7, 11) is -1.76. The number of alkyl halides is 2. The van der Waals surface area contributed by atoms with Gasteiger partial charge in [0.1, 0.15) is 11.4 Å². The predicted molar refractivity (Wildman–Crippen MR) is 147 cm³/mol. The molecule has 0 aliphatic carbocycles. The van der Waals surface area contributed by atoms with E-state index in [1.54, 1.807) is 56.5 Å². The topological polar surface area (TPSA) is 109 Å². The van der Waals surface area contributed by atoms with E-state index in [1.165, 1.54) is 18.2 Å². The number of benzene rings is 3. The zero-order chi connectivity index (χ0) is 29.6. The van der Waals surface area contributed by atoms with Crippen molar-refractivity contribution >= 4 is 26.8 Å². The Labute approximate surface area is 236 Å². The minimum absolute atomic E-state index is 0.0102. The summed E-state index contributed by atoms with van der Waals surface area (Å²) in [5, 5.41) is 2.84. The molecule has 9 nitrogen and oxygen atoms in total. The molecule has 1 aromatic heterocycles. The molecule has 12 heteroatoms. The van der Waals surface area contributed by atoms with Crippen LogP contribution in [0, 0.1) is 0 Å². The average Bonchev–Trinajstić information content (AvgIpc) is 3.48. The molecule has 2 heterocycles. The highest BCUT2D eigenvalue weighted by Gasteiger charge is 2.44. The Kier molecular flexibility index (Phi) is 7.24. The van der Waals surface area contributed by atoms with Crippen molar-refractivity contribution in [1.29, 1.82) is 0 Å². The Morgan fingerprint density at radius 1 is 1.10 bits per heavy atom. The molecular weight excluding hydrogens is 556 g/mol. The number of methoxy groups -OCH3 is 1. The number of ether oxygens (including phenoxy) is 3. The molecule has 41 heavy (non-hydrogen) atoms. The van der Waals surface area contributed by atoms with Gasteiger partial charge < -0.3 is 24.1 Å². The first-order valence-electron chi connectivity index (χ1n) is 12.9. The van der Waals surface area contributed by atoms with Crippen molar-refractivity contribution in [2.75, 3.05) is 12.9 Å². The monoisotopic (exact) mass is 585 g/mol. The van der Waals surface area contributed by atoms with Gasteiger partial charge in [-0.3, -0.25) is 4.79 Å². The Morgan fingerprint density at radius 2 is 1.83 bits per heavy atom. The maximum atomic E-state index is 13.8. The lowest BCUT2D eigenvalue weighted by Crippen LogP contribution is -2.26. The summed E-state index contributed by atoms with van der Waals surface area (Å²) in [4.78, 5) is 18.0. The second kappa shape index (κ2) is 10.4. The number of nitrogens with zero attached hydrogens (tertiary/aromatic N) is 2. The largest absolute Gasteiger partial charge is 0.586 e. The maximum absolute atomic E-state index is 13.8. The fourth-order valence-corrected chi connectivity index (χ4v) is 5.45. The van der Waals surface area contributed by atoms with Crippen molar-refractivity contribution in [1.82, 2.24) is 14.9 Å². The highest BCUT2D eigenvalue weighted by Crippen LogP contribution is 2.44. The van der Waals surface area contributed by atoms with Crippen LogP contribution in [0.2, 0.25) is 0 Å². The van der Waals surface area contributed by atoms with Crippen LogP contribution in [-0.4, -0.2) is 43.0 Å². The van der Waals surface area contributed by atoms with E-state index in [0.29, 0.717) is 28.0 Å². The molecule has 0 radical (unpaired) electrons. The number of sulfone groups is 1. The quantitative estimate of drug-likeness (QED) is 0.294. The molecule has 1 N–H and O–H groups in total. The number of nitrogens with one attached hydrogen (secondary N) is 1. The van der Waals surface area contributed by atoms with Crippen molar-refractivity contribution in [2.24, 2.45) is 0 Å². The summed E-state index contributed by atoms with van der Waals surface area (Å²) < 4.78 is 68.6. The van der Waals surface area contributed by atoms with Crippen LogP contribution in [0.15, 0.2) is 65.6 Å². The van der Waals surface area contributed by atoms with Gasteiger partial charge in [0.05, 0.1) is 28.2 Å². The van der Waals surface area contributed by atoms with Gasteiger partial charge in [0.2, 0.25) is 0 Å². The molecule has 1 amide bonds. The zero-order valence-corrected chi connectivity index (χ0v) is 23.7. The molecule has 5 rings (SSSR count). The highest BCUT2D eigenvalue weighted by atomic mass is 32.2. The lowest BCUT2D eigenvalue weighted by molar-refractivity contribution is -0.287. The molecule has 0 spiro atoms. The molecule has 0 saturated carbocycles. The van der Waals surface area contributed by atoms with Crippen LogP contribution in [0.25, 0.3) is 11.0 Å². The number of hydrogen-bond acceptors (Lipinski definition) is 7. The second-order valence-electron chi connectivity index (χ2n) is 10.1. The van der Waals surface area contributed by atoms with E-state index >= 15 is 0 Å². The van der Waals surface area contributed by atoms with Gasteiger partial charge in [-0.25, -0.2) is 13.4 Å². The number of carbonyl (C=O) groups is 1. The maximum Gasteiger partial charge on any atom is 0.586 e. The standard InChI is InChI=1S/C29H29F2N3O6S/c1-5-41(36,37)21-12-9-18(10-13-21)16-32-26(35)19-11-14-23-22(15-19)33-27(28(2,3)38-4)34(23)17-20-7-6-8-24-25(20)40-29(30,31)39-24/h6-15H,5,16-17H2,1-4H3,(H,32,35). The third-order valence-electron chi connectivity index (χ3n) is 7.01. The summed E-state index contributed by atoms with van der Waals surface area (Å²) in [5.41, 5.74) is 1.91. The summed E-state index contributed by atoms with van der Waals surface area (Å²) in [6.07, 6.45) is -3.75. The number of imidazole rings is 1. The molecule has 0 fully saturated rings. The lowest BCUT2D eigenvalue weighted by Gasteiger charge is -2.24. The highest BCUT2D eigenvalue weighted by molar-refractivity contribution is 7.91. The van der Waals surface area contributed by atoms with E-state index in [1.807, 2.05) is 18.4 Å². The Hall–Kier alpha value is -4.03. The van der Waals surface area contributed by atoms with Gasteiger partial charge in [0.15, 0.2) is 21.3 Å². The van der Waals surface area contributed by atoms with E-state index < -0.39 is 21.7 Å². The molecule has 216 valence electrons.